The van der Waals surface area contributed by atoms with Gasteiger partial charge < -0.3 is 16.0 Å². The molecule has 26 heavy (non-hydrogen) atoms. The number of hydrogen-bond acceptors (Lipinski definition) is 4. The van der Waals surface area contributed by atoms with Crippen LogP contribution < -0.4 is 16.0 Å². The zero-order valence-electron chi connectivity index (χ0n) is 15.3. The Morgan fingerprint density at radius 3 is 2.62 bits per heavy atom. The highest BCUT2D eigenvalue weighted by atomic mass is 35.5. The lowest BCUT2D eigenvalue weighted by Gasteiger charge is -2.45. The van der Waals surface area contributed by atoms with E-state index in [-0.39, 0.29) is 11.1 Å². The largest absolute Gasteiger partial charge is 0.371 e. The lowest BCUT2D eigenvalue weighted by molar-refractivity contribution is 0.391. The lowest BCUT2D eigenvalue weighted by Crippen LogP contribution is -2.61. The minimum atomic E-state index is -0.282. The maximum absolute atomic E-state index is 6.22. The predicted molar refractivity (Wildman–Crippen MR) is 110 cm³/mol. The molecule has 4 rings (SSSR count). The molecule has 4 nitrogen and oxygen atoms in total. The number of rotatable bonds is 2. The fourth-order valence-electron chi connectivity index (χ4n) is 3.83. The van der Waals surface area contributed by atoms with E-state index in [9.17, 15) is 0 Å². The number of nitrogens with zero attached hydrogens (tertiary/aromatic N) is 1. The Morgan fingerprint density at radius 2 is 1.85 bits per heavy atom. The highest BCUT2D eigenvalue weighted by Crippen LogP contribution is 2.38. The Bertz CT molecular complexity index is 837. The van der Waals surface area contributed by atoms with Gasteiger partial charge >= 0.3 is 0 Å². The molecule has 2 aliphatic heterocycles. The molecule has 2 heterocycles. The Kier molecular flexibility index (Phi) is 4.41. The molecular weight excluding hydrogens is 344 g/mol. The number of fused-ring (bicyclic) bond motifs is 1. The summed E-state index contributed by atoms with van der Waals surface area (Å²) < 4.78 is 0. The van der Waals surface area contributed by atoms with Crippen molar-refractivity contribution < 1.29 is 0 Å². The molecule has 5 heteroatoms. The van der Waals surface area contributed by atoms with Crippen LogP contribution >= 0.6 is 11.6 Å². The molecule has 0 aromatic heterocycles. The summed E-state index contributed by atoms with van der Waals surface area (Å²) in [6.07, 6.45) is 2.00. The first-order chi connectivity index (χ1) is 12.5. The summed E-state index contributed by atoms with van der Waals surface area (Å²) in [5.74, 6) is 1.02. The second-order valence-electron chi connectivity index (χ2n) is 7.70. The van der Waals surface area contributed by atoms with Crippen LogP contribution in [-0.4, -0.2) is 24.5 Å². The molecule has 0 saturated carbocycles. The van der Waals surface area contributed by atoms with Crippen molar-refractivity contribution in [3.05, 3.63) is 59.1 Å². The summed E-state index contributed by atoms with van der Waals surface area (Å²) in [4.78, 5) is 5.04. The Balaban J connectivity index is 1.73. The van der Waals surface area contributed by atoms with Crippen molar-refractivity contribution in [3.63, 3.8) is 0 Å². The van der Waals surface area contributed by atoms with E-state index in [1.807, 2.05) is 24.3 Å². The quantitative estimate of drug-likeness (QED) is 0.734. The smallest absolute Gasteiger partial charge is 0.129 e. The summed E-state index contributed by atoms with van der Waals surface area (Å²) in [5.41, 5.74) is 2.81. The maximum Gasteiger partial charge on any atom is 0.129 e. The van der Waals surface area contributed by atoms with Gasteiger partial charge in [0.15, 0.2) is 0 Å². The Morgan fingerprint density at radius 1 is 1.08 bits per heavy atom. The summed E-state index contributed by atoms with van der Waals surface area (Å²) in [7, 11) is 0. The zero-order chi connectivity index (χ0) is 18.2. The molecule has 0 aliphatic carbocycles. The molecule has 0 atom stereocenters. The number of piperidine rings is 1. The van der Waals surface area contributed by atoms with Crippen LogP contribution in [0.1, 0.15) is 32.3 Å². The van der Waals surface area contributed by atoms with Crippen LogP contribution in [0.2, 0.25) is 5.02 Å². The fraction of sp³-hybridized carbons (Fsp3) is 0.381. The Labute approximate surface area is 160 Å². The second kappa shape index (κ2) is 6.60. The Hall–Kier alpha value is -2.04. The molecule has 1 fully saturated rings. The van der Waals surface area contributed by atoms with Gasteiger partial charge in [-0.15, -0.1) is 0 Å². The molecule has 2 aromatic rings. The van der Waals surface area contributed by atoms with Crippen molar-refractivity contribution in [1.82, 2.24) is 10.6 Å². The van der Waals surface area contributed by atoms with Crippen LogP contribution in [0.3, 0.4) is 0 Å². The third kappa shape index (κ3) is 3.19. The van der Waals surface area contributed by atoms with Crippen LogP contribution in [0.5, 0.6) is 0 Å². The van der Waals surface area contributed by atoms with Crippen molar-refractivity contribution in [3.8, 4) is 0 Å². The summed E-state index contributed by atoms with van der Waals surface area (Å²) in [6.45, 7) is 6.31. The number of hydrogen-bond donors (Lipinski definition) is 3. The topological polar surface area (TPSA) is 48.5 Å². The predicted octanol–water partition coefficient (Wildman–Crippen LogP) is 4.44. The molecule has 3 N–H and O–H groups in total. The number of benzene rings is 2. The number of nitrogens with one attached hydrogen (secondary N) is 3. The standard InChI is InChI=1S/C21H25ClN4/c1-20(2,15-6-5-7-16(22)14-15)26-19-21(10-12-23-13-11-21)25-18-9-4-3-8-17(18)24-19/h3-9,14,23,25H,10-13H2,1-2H3,(H,24,26). The number of para-hydroxylation sites is 2. The third-order valence-corrected chi connectivity index (χ3v) is 5.63. The van der Waals surface area contributed by atoms with E-state index in [1.165, 1.54) is 0 Å². The molecule has 0 amide bonds. The van der Waals surface area contributed by atoms with Gasteiger partial charge in [0.2, 0.25) is 0 Å². The normalized spacial score (nSPS) is 18.7. The van der Waals surface area contributed by atoms with Gasteiger partial charge in [-0.05, 0) is 69.6 Å². The maximum atomic E-state index is 6.22. The third-order valence-electron chi connectivity index (χ3n) is 5.40. The van der Waals surface area contributed by atoms with Gasteiger partial charge in [0.05, 0.1) is 22.5 Å². The van der Waals surface area contributed by atoms with E-state index >= 15 is 0 Å². The van der Waals surface area contributed by atoms with Gasteiger partial charge in [-0.25, -0.2) is 4.99 Å². The highest BCUT2D eigenvalue weighted by molar-refractivity contribution is 6.30. The van der Waals surface area contributed by atoms with E-state index in [4.69, 9.17) is 16.6 Å². The van der Waals surface area contributed by atoms with Gasteiger partial charge in [-0.2, -0.15) is 0 Å². The van der Waals surface area contributed by atoms with E-state index in [0.717, 1.165) is 53.7 Å². The monoisotopic (exact) mass is 368 g/mol. The molecule has 136 valence electrons. The molecule has 0 bridgehead atoms. The minimum absolute atomic E-state index is 0.157. The highest BCUT2D eigenvalue weighted by Gasteiger charge is 2.42. The SMILES string of the molecule is CC(C)(NC1=Nc2ccccc2NC12CCNCC2)c1cccc(Cl)c1. The first-order valence-corrected chi connectivity index (χ1v) is 9.58. The van der Waals surface area contributed by atoms with Crippen LogP contribution in [0, 0.1) is 0 Å². The molecule has 1 spiro atoms. The van der Waals surface area contributed by atoms with Crippen molar-refractivity contribution in [2.24, 2.45) is 4.99 Å². The van der Waals surface area contributed by atoms with Gasteiger partial charge in [-0.3, -0.25) is 0 Å². The first-order valence-electron chi connectivity index (χ1n) is 9.20. The van der Waals surface area contributed by atoms with Crippen molar-refractivity contribution in [2.45, 2.75) is 37.8 Å². The van der Waals surface area contributed by atoms with Crippen molar-refractivity contribution in [1.29, 1.82) is 0 Å². The molecule has 0 radical (unpaired) electrons. The van der Waals surface area contributed by atoms with E-state index in [2.05, 4.69) is 54.1 Å². The molecule has 2 aliphatic rings. The second-order valence-corrected chi connectivity index (χ2v) is 8.13. The van der Waals surface area contributed by atoms with Gasteiger partial charge in [-0.1, -0.05) is 35.9 Å². The number of aliphatic imine (C=N–C) groups is 1. The minimum Gasteiger partial charge on any atom is -0.371 e. The number of amidine groups is 1. The van der Waals surface area contributed by atoms with E-state index < -0.39 is 0 Å². The molecular formula is C21H25ClN4. The van der Waals surface area contributed by atoms with Gasteiger partial charge in [0, 0.05) is 5.02 Å². The van der Waals surface area contributed by atoms with Crippen LogP contribution in [0.4, 0.5) is 11.4 Å². The summed E-state index contributed by atoms with van der Waals surface area (Å²) in [6, 6.07) is 16.3. The summed E-state index contributed by atoms with van der Waals surface area (Å²) >= 11 is 6.22. The van der Waals surface area contributed by atoms with Crippen molar-refractivity contribution in [2.75, 3.05) is 18.4 Å². The zero-order valence-corrected chi connectivity index (χ0v) is 16.0. The van der Waals surface area contributed by atoms with Crippen LogP contribution in [0.15, 0.2) is 53.5 Å². The fourth-order valence-corrected chi connectivity index (χ4v) is 4.02. The molecule has 0 unspecified atom stereocenters. The van der Waals surface area contributed by atoms with E-state index in [0.29, 0.717) is 0 Å². The average molecular weight is 369 g/mol. The first kappa shape index (κ1) is 17.4. The molecule has 2 aromatic carbocycles. The number of halogens is 1. The van der Waals surface area contributed by atoms with Crippen LogP contribution in [0.25, 0.3) is 0 Å². The van der Waals surface area contributed by atoms with Crippen molar-refractivity contribution >= 4 is 28.8 Å². The molecule has 1 saturated heterocycles. The number of anilines is 1. The van der Waals surface area contributed by atoms with Gasteiger partial charge in [0.1, 0.15) is 5.84 Å². The van der Waals surface area contributed by atoms with E-state index in [1.54, 1.807) is 0 Å². The average Bonchev–Trinajstić information content (AvgIpc) is 2.63. The summed E-state index contributed by atoms with van der Waals surface area (Å²) in [5, 5.41) is 11.7. The van der Waals surface area contributed by atoms with Crippen LogP contribution in [-0.2, 0) is 5.54 Å². The lowest BCUT2D eigenvalue weighted by atomic mass is 9.83. The van der Waals surface area contributed by atoms with Gasteiger partial charge in [0.25, 0.3) is 0 Å².